The van der Waals surface area contributed by atoms with Crippen molar-refractivity contribution in [3.05, 3.63) is 29.3 Å². The van der Waals surface area contributed by atoms with E-state index in [-0.39, 0.29) is 0 Å². The lowest BCUT2D eigenvalue weighted by molar-refractivity contribution is 0.0719. The average molecular weight is 251 g/mol. The number of benzene rings is 1. The Hall–Kier alpha value is -0.730. The summed E-state index contributed by atoms with van der Waals surface area (Å²) < 4.78 is 0. The van der Waals surface area contributed by atoms with Crippen LogP contribution in [0.5, 0.6) is 0 Å². The number of piperidine rings is 1. The van der Waals surface area contributed by atoms with Crippen molar-refractivity contribution in [2.75, 3.05) is 18.4 Å². The molecule has 0 unspecified atom stereocenters. The molecule has 1 aliphatic heterocycles. The molecule has 3 rings (SSSR count). The van der Waals surface area contributed by atoms with Crippen LogP contribution >= 0.6 is 11.6 Å². The molecule has 2 N–H and O–H groups in total. The largest absolute Gasteiger partial charge is 0.381 e. The highest BCUT2D eigenvalue weighted by Gasteiger charge is 2.44. The maximum atomic E-state index is 6.15. The van der Waals surface area contributed by atoms with Crippen LogP contribution in [0, 0.1) is 5.41 Å². The fraction of sp³-hybridized carbons (Fsp3) is 0.571. The summed E-state index contributed by atoms with van der Waals surface area (Å²) in [6, 6.07) is 8.64. The maximum absolute atomic E-state index is 6.15. The molecule has 0 atom stereocenters. The van der Waals surface area contributed by atoms with Gasteiger partial charge >= 0.3 is 0 Å². The summed E-state index contributed by atoms with van der Waals surface area (Å²) in [5, 5.41) is 7.84. The second kappa shape index (κ2) is 4.51. The minimum absolute atomic E-state index is 0.619. The molecular formula is C14H19ClN2. The van der Waals surface area contributed by atoms with Gasteiger partial charge in [0.25, 0.3) is 0 Å². The number of hydrogen-bond donors (Lipinski definition) is 2. The van der Waals surface area contributed by atoms with Crippen LogP contribution in [0.25, 0.3) is 0 Å². The second-order valence-corrected chi connectivity index (χ2v) is 5.89. The molecule has 1 aromatic rings. The summed E-state index contributed by atoms with van der Waals surface area (Å²) in [5.41, 5.74) is 1.72. The van der Waals surface area contributed by atoms with E-state index in [1.807, 2.05) is 18.2 Å². The molecule has 0 amide bonds. The highest BCUT2D eigenvalue weighted by atomic mass is 35.5. The summed E-state index contributed by atoms with van der Waals surface area (Å²) >= 11 is 6.15. The maximum Gasteiger partial charge on any atom is 0.0637 e. The Labute approximate surface area is 108 Å². The van der Waals surface area contributed by atoms with Gasteiger partial charge < -0.3 is 10.6 Å². The molecule has 92 valence electrons. The molecule has 1 aliphatic carbocycles. The van der Waals surface area contributed by atoms with E-state index in [0.29, 0.717) is 11.5 Å². The van der Waals surface area contributed by atoms with E-state index in [1.165, 1.54) is 38.8 Å². The van der Waals surface area contributed by atoms with E-state index in [9.17, 15) is 0 Å². The smallest absolute Gasteiger partial charge is 0.0637 e. The molecule has 2 aliphatic rings. The van der Waals surface area contributed by atoms with Gasteiger partial charge in [0.1, 0.15) is 0 Å². The first-order chi connectivity index (χ1) is 8.27. The standard InChI is InChI=1S/C14H19ClN2/c15-12-3-1-2-4-13(12)17-11-9-14(10-11)5-7-16-8-6-14/h1-4,11,16-17H,5-10H2. The Kier molecular flexibility index (Phi) is 3.01. The van der Waals surface area contributed by atoms with Crippen LogP contribution in [0.15, 0.2) is 24.3 Å². The third-order valence-electron chi connectivity index (χ3n) is 4.26. The zero-order chi connectivity index (χ0) is 11.7. The van der Waals surface area contributed by atoms with Crippen LogP contribution in [0.2, 0.25) is 5.02 Å². The summed E-state index contributed by atoms with van der Waals surface area (Å²) in [6.07, 6.45) is 5.29. The minimum atomic E-state index is 0.619. The zero-order valence-electron chi connectivity index (χ0n) is 10.0. The molecule has 3 heteroatoms. The third kappa shape index (κ3) is 2.29. The van der Waals surface area contributed by atoms with Crippen LogP contribution in [-0.2, 0) is 0 Å². The molecule has 0 bridgehead atoms. The molecule has 0 aromatic heterocycles. The van der Waals surface area contributed by atoms with E-state index in [4.69, 9.17) is 11.6 Å². The molecule has 0 radical (unpaired) electrons. The summed E-state index contributed by atoms with van der Waals surface area (Å²) in [6.45, 7) is 2.39. The predicted molar refractivity (Wildman–Crippen MR) is 72.6 cm³/mol. The normalized spacial score (nSPS) is 23.4. The van der Waals surface area contributed by atoms with Crippen LogP contribution in [0.1, 0.15) is 25.7 Å². The van der Waals surface area contributed by atoms with Gasteiger partial charge in [0, 0.05) is 6.04 Å². The Balaban J connectivity index is 1.58. The second-order valence-electron chi connectivity index (χ2n) is 5.48. The van der Waals surface area contributed by atoms with Gasteiger partial charge in [0.2, 0.25) is 0 Å². The SMILES string of the molecule is Clc1ccccc1NC1CC2(CCNCC2)C1. The van der Waals surface area contributed by atoms with Crippen LogP contribution < -0.4 is 10.6 Å². The van der Waals surface area contributed by atoms with E-state index < -0.39 is 0 Å². The molecule has 17 heavy (non-hydrogen) atoms. The van der Waals surface area contributed by atoms with Crippen molar-refractivity contribution in [1.29, 1.82) is 0 Å². The fourth-order valence-electron chi connectivity index (χ4n) is 3.25. The zero-order valence-corrected chi connectivity index (χ0v) is 10.8. The first-order valence-corrected chi connectivity index (χ1v) is 6.87. The predicted octanol–water partition coefficient (Wildman–Crippen LogP) is 3.28. The van der Waals surface area contributed by atoms with E-state index in [0.717, 1.165) is 10.7 Å². The lowest BCUT2D eigenvalue weighted by Gasteiger charge is -2.51. The summed E-state index contributed by atoms with van der Waals surface area (Å²) in [4.78, 5) is 0. The van der Waals surface area contributed by atoms with Gasteiger partial charge in [-0.25, -0.2) is 0 Å². The monoisotopic (exact) mass is 250 g/mol. The number of nitrogens with one attached hydrogen (secondary N) is 2. The van der Waals surface area contributed by atoms with Gasteiger partial charge in [-0.15, -0.1) is 0 Å². The Bertz CT molecular complexity index is 391. The van der Waals surface area contributed by atoms with Crippen molar-refractivity contribution >= 4 is 17.3 Å². The molecule has 1 heterocycles. The van der Waals surface area contributed by atoms with Crippen LogP contribution in [0.3, 0.4) is 0 Å². The van der Waals surface area contributed by atoms with Crippen LogP contribution in [0.4, 0.5) is 5.69 Å². The lowest BCUT2D eigenvalue weighted by atomic mass is 9.60. The molecule has 2 fully saturated rings. The quantitative estimate of drug-likeness (QED) is 0.842. The molecule has 1 saturated heterocycles. The summed E-state index contributed by atoms with van der Waals surface area (Å²) in [7, 11) is 0. The molecule has 1 spiro atoms. The highest BCUT2D eigenvalue weighted by molar-refractivity contribution is 6.33. The first kappa shape index (κ1) is 11.4. The van der Waals surface area contributed by atoms with Crippen molar-refractivity contribution in [3.8, 4) is 0 Å². The van der Waals surface area contributed by atoms with Gasteiger partial charge in [0.05, 0.1) is 10.7 Å². The minimum Gasteiger partial charge on any atom is -0.381 e. The molecule has 1 saturated carbocycles. The van der Waals surface area contributed by atoms with Gasteiger partial charge in [-0.2, -0.15) is 0 Å². The fourth-order valence-corrected chi connectivity index (χ4v) is 3.44. The number of anilines is 1. The number of rotatable bonds is 2. The Morgan fingerprint density at radius 3 is 2.59 bits per heavy atom. The van der Waals surface area contributed by atoms with Crippen molar-refractivity contribution in [1.82, 2.24) is 5.32 Å². The number of para-hydroxylation sites is 1. The molecule has 1 aromatic carbocycles. The average Bonchev–Trinajstić information content (AvgIpc) is 2.31. The van der Waals surface area contributed by atoms with Crippen molar-refractivity contribution in [3.63, 3.8) is 0 Å². The lowest BCUT2D eigenvalue weighted by Crippen LogP contribution is -2.50. The third-order valence-corrected chi connectivity index (χ3v) is 4.59. The van der Waals surface area contributed by atoms with Crippen molar-refractivity contribution in [2.24, 2.45) is 5.41 Å². The van der Waals surface area contributed by atoms with E-state index in [2.05, 4.69) is 16.7 Å². The number of halogens is 1. The molecular weight excluding hydrogens is 232 g/mol. The van der Waals surface area contributed by atoms with Gasteiger partial charge in [-0.1, -0.05) is 23.7 Å². The first-order valence-electron chi connectivity index (χ1n) is 6.49. The van der Waals surface area contributed by atoms with Crippen molar-refractivity contribution in [2.45, 2.75) is 31.7 Å². The number of hydrogen-bond acceptors (Lipinski definition) is 2. The summed E-state index contributed by atoms with van der Waals surface area (Å²) in [5.74, 6) is 0. The van der Waals surface area contributed by atoms with E-state index in [1.54, 1.807) is 0 Å². The van der Waals surface area contributed by atoms with E-state index >= 15 is 0 Å². The molecule has 2 nitrogen and oxygen atoms in total. The highest BCUT2D eigenvalue weighted by Crippen LogP contribution is 2.49. The topological polar surface area (TPSA) is 24.1 Å². The van der Waals surface area contributed by atoms with Crippen molar-refractivity contribution < 1.29 is 0 Å². The van der Waals surface area contributed by atoms with Gasteiger partial charge in [-0.05, 0) is 56.3 Å². The van der Waals surface area contributed by atoms with Gasteiger partial charge in [0.15, 0.2) is 0 Å². The Morgan fingerprint density at radius 1 is 1.18 bits per heavy atom. The van der Waals surface area contributed by atoms with Crippen LogP contribution in [-0.4, -0.2) is 19.1 Å². The van der Waals surface area contributed by atoms with Gasteiger partial charge in [-0.3, -0.25) is 0 Å². The Morgan fingerprint density at radius 2 is 1.88 bits per heavy atom.